The molecule has 6 nitrogen and oxygen atoms in total. The van der Waals surface area contributed by atoms with Gasteiger partial charge in [-0.05, 0) is 30.0 Å². The van der Waals surface area contributed by atoms with Gasteiger partial charge in [-0.3, -0.25) is 0 Å². The SMILES string of the molecule is NCc1ccc(S(=O)(=O)NCC2CCS(=O)(=O)C2)cc1. The molecule has 1 aliphatic heterocycles. The summed E-state index contributed by atoms with van der Waals surface area (Å²) < 4.78 is 49.2. The largest absolute Gasteiger partial charge is 0.326 e. The minimum absolute atomic E-state index is 0.0572. The predicted octanol–water partition coefficient (Wildman–Crippen LogP) is -0.142. The van der Waals surface area contributed by atoms with Crippen molar-refractivity contribution in [1.29, 1.82) is 0 Å². The van der Waals surface area contributed by atoms with E-state index in [2.05, 4.69) is 4.72 Å². The number of rotatable bonds is 5. The van der Waals surface area contributed by atoms with Gasteiger partial charge in [-0.1, -0.05) is 12.1 Å². The molecule has 20 heavy (non-hydrogen) atoms. The summed E-state index contributed by atoms with van der Waals surface area (Å²) in [5, 5.41) is 0. The van der Waals surface area contributed by atoms with Crippen LogP contribution in [0.1, 0.15) is 12.0 Å². The molecule has 0 radical (unpaired) electrons. The van der Waals surface area contributed by atoms with Gasteiger partial charge in [-0.2, -0.15) is 0 Å². The molecule has 0 amide bonds. The molecule has 1 fully saturated rings. The van der Waals surface area contributed by atoms with Crippen molar-refractivity contribution in [2.45, 2.75) is 17.9 Å². The molecule has 3 N–H and O–H groups in total. The molecule has 0 bridgehead atoms. The molecule has 8 heteroatoms. The van der Waals surface area contributed by atoms with Crippen LogP contribution in [0.25, 0.3) is 0 Å². The Hall–Kier alpha value is -0.960. The van der Waals surface area contributed by atoms with Gasteiger partial charge in [0.05, 0.1) is 16.4 Å². The lowest BCUT2D eigenvalue weighted by Gasteiger charge is -2.10. The van der Waals surface area contributed by atoms with Crippen LogP contribution in [0, 0.1) is 5.92 Å². The van der Waals surface area contributed by atoms with Crippen LogP contribution < -0.4 is 10.5 Å². The Kier molecular flexibility index (Phi) is 4.48. The molecule has 1 unspecified atom stereocenters. The normalized spacial score (nSPS) is 21.9. The first-order valence-electron chi connectivity index (χ1n) is 6.31. The highest BCUT2D eigenvalue weighted by Crippen LogP contribution is 2.18. The van der Waals surface area contributed by atoms with E-state index >= 15 is 0 Å². The van der Waals surface area contributed by atoms with Gasteiger partial charge in [0.25, 0.3) is 0 Å². The number of sulfone groups is 1. The Morgan fingerprint density at radius 3 is 2.40 bits per heavy atom. The van der Waals surface area contributed by atoms with Crippen LogP contribution in [-0.4, -0.2) is 34.9 Å². The van der Waals surface area contributed by atoms with Gasteiger partial charge in [-0.15, -0.1) is 0 Å². The molecular weight excluding hydrogens is 300 g/mol. The highest BCUT2D eigenvalue weighted by molar-refractivity contribution is 7.91. The molecule has 2 rings (SSSR count). The fraction of sp³-hybridized carbons (Fsp3) is 0.500. The van der Waals surface area contributed by atoms with Crippen LogP contribution in [0.3, 0.4) is 0 Å². The molecule has 0 aliphatic carbocycles. The third-order valence-corrected chi connectivity index (χ3v) is 6.63. The van der Waals surface area contributed by atoms with Gasteiger partial charge in [0, 0.05) is 13.1 Å². The van der Waals surface area contributed by atoms with E-state index < -0.39 is 19.9 Å². The quantitative estimate of drug-likeness (QED) is 0.786. The molecule has 1 atom stereocenters. The summed E-state index contributed by atoms with van der Waals surface area (Å²) in [6, 6.07) is 6.31. The summed E-state index contributed by atoms with van der Waals surface area (Å²) in [4.78, 5) is 0.163. The number of sulfonamides is 1. The van der Waals surface area contributed by atoms with Gasteiger partial charge in [-0.25, -0.2) is 21.6 Å². The van der Waals surface area contributed by atoms with Crippen LogP contribution in [0.2, 0.25) is 0 Å². The monoisotopic (exact) mass is 318 g/mol. The Balaban J connectivity index is 2.00. The summed E-state index contributed by atoms with van der Waals surface area (Å²) >= 11 is 0. The third kappa shape index (κ3) is 3.78. The summed E-state index contributed by atoms with van der Waals surface area (Å²) in [5.74, 6) is 0.0600. The lowest BCUT2D eigenvalue weighted by atomic mass is 10.1. The summed E-state index contributed by atoms with van der Waals surface area (Å²) in [7, 11) is -6.58. The lowest BCUT2D eigenvalue weighted by molar-refractivity contribution is 0.543. The van der Waals surface area contributed by atoms with Crippen molar-refractivity contribution in [3.63, 3.8) is 0 Å². The first-order chi connectivity index (χ1) is 9.32. The molecule has 1 heterocycles. The smallest absolute Gasteiger partial charge is 0.240 e. The fourth-order valence-electron chi connectivity index (χ4n) is 2.15. The number of hydrogen-bond acceptors (Lipinski definition) is 5. The summed E-state index contributed by atoms with van der Waals surface area (Å²) in [6.45, 7) is 0.508. The number of nitrogens with one attached hydrogen (secondary N) is 1. The van der Waals surface area contributed by atoms with E-state index in [9.17, 15) is 16.8 Å². The Labute approximate surface area is 119 Å². The molecule has 1 aliphatic rings. The Morgan fingerprint density at radius 2 is 1.90 bits per heavy atom. The van der Waals surface area contributed by atoms with Gasteiger partial charge >= 0.3 is 0 Å². The number of benzene rings is 1. The van der Waals surface area contributed by atoms with E-state index in [1.54, 1.807) is 12.1 Å². The maximum Gasteiger partial charge on any atom is 0.240 e. The minimum atomic E-state index is -3.60. The summed E-state index contributed by atoms with van der Waals surface area (Å²) in [6.07, 6.45) is 0.511. The van der Waals surface area contributed by atoms with Crippen molar-refractivity contribution in [2.24, 2.45) is 11.7 Å². The standard InChI is InChI=1S/C12H18N2O4S2/c13-7-10-1-3-12(4-2-10)20(17,18)14-8-11-5-6-19(15,16)9-11/h1-4,11,14H,5-9,13H2. The molecule has 0 saturated carbocycles. The van der Waals surface area contributed by atoms with E-state index in [4.69, 9.17) is 5.73 Å². The van der Waals surface area contributed by atoms with E-state index in [-0.39, 0.29) is 28.9 Å². The maximum absolute atomic E-state index is 12.1. The van der Waals surface area contributed by atoms with Crippen LogP contribution in [0.15, 0.2) is 29.2 Å². The maximum atomic E-state index is 12.1. The molecule has 1 aromatic rings. The predicted molar refractivity (Wildman–Crippen MR) is 76.3 cm³/mol. The van der Waals surface area contributed by atoms with Gasteiger partial charge in [0.1, 0.15) is 0 Å². The van der Waals surface area contributed by atoms with Crippen molar-refractivity contribution in [3.8, 4) is 0 Å². The van der Waals surface area contributed by atoms with Crippen molar-refractivity contribution < 1.29 is 16.8 Å². The third-order valence-electron chi connectivity index (χ3n) is 3.36. The first-order valence-corrected chi connectivity index (χ1v) is 9.62. The number of nitrogens with two attached hydrogens (primary N) is 1. The highest BCUT2D eigenvalue weighted by atomic mass is 32.2. The molecule has 1 aromatic carbocycles. The van der Waals surface area contributed by atoms with Gasteiger partial charge < -0.3 is 5.73 Å². The highest BCUT2D eigenvalue weighted by Gasteiger charge is 2.28. The van der Waals surface area contributed by atoms with Crippen molar-refractivity contribution >= 4 is 19.9 Å². The van der Waals surface area contributed by atoms with Crippen molar-refractivity contribution in [1.82, 2.24) is 4.72 Å². The van der Waals surface area contributed by atoms with Crippen molar-refractivity contribution in [2.75, 3.05) is 18.1 Å². The molecule has 0 aromatic heterocycles. The second-order valence-electron chi connectivity index (χ2n) is 4.97. The number of hydrogen-bond donors (Lipinski definition) is 2. The molecule has 1 saturated heterocycles. The minimum Gasteiger partial charge on any atom is -0.326 e. The zero-order chi connectivity index (χ0) is 14.8. The van der Waals surface area contributed by atoms with Crippen LogP contribution >= 0.6 is 0 Å². The molecule has 0 spiro atoms. The van der Waals surface area contributed by atoms with Gasteiger partial charge in [0.15, 0.2) is 9.84 Å². The Morgan fingerprint density at radius 1 is 1.25 bits per heavy atom. The average Bonchev–Trinajstić information content (AvgIpc) is 2.76. The second kappa shape index (κ2) is 5.80. The van der Waals surface area contributed by atoms with E-state index in [1.165, 1.54) is 12.1 Å². The fourth-order valence-corrected chi connectivity index (χ4v) is 5.13. The molecular formula is C12H18N2O4S2. The Bertz CT molecular complexity index is 666. The molecule has 112 valence electrons. The summed E-state index contributed by atoms with van der Waals surface area (Å²) in [5.41, 5.74) is 6.31. The lowest BCUT2D eigenvalue weighted by Crippen LogP contribution is -2.30. The van der Waals surface area contributed by atoms with E-state index in [0.29, 0.717) is 13.0 Å². The average molecular weight is 318 g/mol. The van der Waals surface area contributed by atoms with E-state index in [1.807, 2.05) is 0 Å². The van der Waals surface area contributed by atoms with Gasteiger partial charge in [0.2, 0.25) is 10.0 Å². The van der Waals surface area contributed by atoms with Crippen LogP contribution in [0.5, 0.6) is 0 Å². The van der Waals surface area contributed by atoms with Crippen molar-refractivity contribution in [3.05, 3.63) is 29.8 Å². The topological polar surface area (TPSA) is 106 Å². The zero-order valence-electron chi connectivity index (χ0n) is 10.9. The van der Waals surface area contributed by atoms with Crippen LogP contribution in [0.4, 0.5) is 0 Å². The second-order valence-corrected chi connectivity index (χ2v) is 8.96. The van der Waals surface area contributed by atoms with Crippen LogP contribution in [-0.2, 0) is 26.4 Å². The zero-order valence-corrected chi connectivity index (χ0v) is 12.6. The first kappa shape index (κ1) is 15.4. The van der Waals surface area contributed by atoms with E-state index in [0.717, 1.165) is 5.56 Å².